The third kappa shape index (κ3) is 2.03. The summed E-state index contributed by atoms with van der Waals surface area (Å²) in [4.78, 5) is 29.6. The van der Waals surface area contributed by atoms with Gasteiger partial charge in [0.25, 0.3) is 5.56 Å². The highest BCUT2D eigenvalue weighted by Gasteiger charge is 2.45. The average Bonchev–Trinajstić information content (AvgIpc) is 3.02. The van der Waals surface area contributed by atoms with Gasteiger partial charge in [0.2, 0.25) is 0 Å². The molecule has 0 saturated carbocycles. The lowest BCUT2D eigenvalue weighted by molar-refractivity contribution is -0.172. The molecule has 0 bridgehead atoms. The van der Waals surface area contributed by atoms with Crippen LogP contribution in [0.2, 0.25) is 0 Å². The summed E-state index contributed by atoms with van der Waals surface area (Å²) < 4.78 is 20.3. The van der Waals surface area contributed by atoms with Gasteiger partial charge in [0, 0.05) is 22.6 Å². The van der Waals surface area contributed by atoms with Gasteiger partial charge in [-0.25, -0.2) is 14.2 Å². The summed E-state index contributed by atoms with van der Waals surface area (Å²) in [5, 5.41) is 21.0. The molecule has 0 spiro atoms. The molecule has 0 amide bonds. The minimum atomic E-state index is -1.89. The number of halogens is 1. The number of carbonyl (C=O) groups excluding carboxylic acids is 1. The zero-order valence-electron chi connectivity index (χ0n) is 14.8. The third-order valence-electron chi connectivity index (χ3n) is 5.58. The number of aliphatic hydroxyl groups is 1. The lowest BCUT2D eigenvalue weighted by atomic mass is 9.86. The topological polar surface area (TPSA) is 102 Å². The summed E-state index contributed by atoms with van der Waals surface area (Å²) >= 11 is 0. The third-order valence-corrected chi connectivity index (χ3v) is 5.58. The van der Waals surface area contributed by atoms with E-state index in [1.165, 1.54) is 10.6 Å². The number of esters is 1. The normalized spacial score (nSPS) is 19.9. The Kier molecular flexibility index (Phi) is 3.25. The van der Waals surface area contributed by atoms with Gasteiger partial charge in [-0.05, 0) is 24.6 Å². The van der Waals surface area contributed by atoms with Crippen molar-refractivity contribution < 1.29 is 24.1 Å². The predicted octanol–water partition coefficient (Wildman–Crippen LogP) is 1.92. The molecule has 28 heavy (non-hydrogen) atoms. The zero-order valence-corrected chi connectivity index (χ0v) is 14.8. The molecule has 2 aliphatic heterocycles. The fraction of sp³-hybridized carbons (Fsp3) is 0.250. The van der Waals surface area contributed by atoms with Crippen molar-refractivity contribution in [1.82, 2.24) is 9.55 Å². The summed E-state index contributed by atoms with van der Waals surface area (Å²) in [6.45, 7) is 1.69. The van der Waals surface area contributed by atoms with Crippen molar-refractivity contribution in [2.75, 3.05) is 0 Å². The summed E-state index contributed by atoms with van der Waals surface area (Å²) in [6, 6.07) is 5.76. The number of ether oxygens (including phenoxy) is 1. The van der Waals surface area contributed by atoms with Crippen LogP contribution in [-0.2, 0) is 28.3 Å². The lowest BCUT2D eigenvalue weighted by Gasteiger charge is -2.31. The van der Waals surface area contributed by atoms with E-state index in [1.807, 2.05) is 0 Å². The van der Waals surface area contributed by atoms with E-state index in [9.17, 15) is 24.2 Å². The van der Waals surface area contributed by atoms with Crippen LogP contribution in [0.3, 0.4) is 0 Å². The maximum atomic E-state index is 13.7. The Morgan fingerprint density at radius 3 is 2.82 bits per heavy atom. The Balaban J connectivity index is 1.80. The Hall–Kier alpha value is -3.26. The molecule has 1 atom stereocenters. The van der Waals surface area contributed by atoms with Crippen LogP contribution in [0.1, 0.15) is 30.0 Å². The molecule has 0 radical (unpaired) electrons. The number of aromatic nitrogens is 2. The van der Waals surface area contributed by atoms with Gasteiger partial charge < -0.3 is 19.5 Å². The van der Waals surface area contributed by atoms with E-state index in [-0.39, 0.29) is 36.3 Å². The Morgan fingerprint density at radius 1 is 1.29 bits per heavy atom. The largest absolute Gasteiger partial charge is 0.505 e. The average molecular weight is 382 g/mol. The molecule has 4 heterocycles. The number of carbonyl (C=O) groups is 1. The molecular weight excluding hydrogens is 367 g/mol. The van der Waals surface area contributed by atoms with Crippen LogP contribution in [0, 0.1) is 5.82 Å². The molecule has 2 aromatic heterocycles. The number of cyclic esters (lactones) is 1. The van der Waals surface area contributed by atoms with Crippen LogP contribution in [0.5, 0.6) is 5.75 Å². The molecule has 0 aliphatic carbocycles. The van der Waals surface area contributed by atoms with Crippen LogP contribution in [0.4, 0.5) is 4.39 Å². The van der Waals surface area contributed by atoms with Crippen molar-refractivity contribution >= 4 is 16.9 Å². The van der Waals surface area contributed by atoms with Gasteiger partial charge in [-0.2, -0.15) is 0 Å². The van der Waals surface area contributed by atoms with Crippen LogP contribution < -0.4 is 5.56 Å². The van der Waals surface area contributed by atoms with Gasteiger partial charge in [-0.3, -0.25) is 4.79 Å². The second kappa shape index (κ2) is 5.39. The van der Waals surface area contributed by atoms with Crippen molar-refractivity contribution in [2.45, 2.75) is 32.1 Å². The SMILES string of the molecule is CCC1(O)C(=O)OCc2c1cc1n(c2=O)Cc2cc3cc(O)c(F)cc3nc2-1. The van der Waals surface area contributed by atoms with Crippen molar-refractivity contribution in [1.29, 1.82) is 0 Å². The molecule has 7 nitrogen and oxygen atoms in total. The van der Waals surface area contributed by atoms with E-state index < -0.39 is 23.1 Å². The number of nitrogens with zero attached hydrogens (tertiary/aromatic N) is 2. The monoisotopic (exact) mass is 382 g/mol. The highest BCUT2D eigenvalue weighted by Crippen LogP contribution is 2.39. The summed E-state index contributed by atoms with van der Waals surface area (Å²) in [5.41, 5.74) is 0.222. The fourth-order valence-corrected chi connectivity index (χ4v) is 3.99. The van der Waals surface area contributed by atoms with Gasteiger partial charge in [-0.15, -0.1) is 0 Å². The van der Waals surface area contributed by atoms with Gasteiger partial charge in [0.1, 0.15) is 6.61 Å². The number of phenols is 1. The van der Waals surface area contributed by atoms with Gasteiger partial charge >= 0.3 is 5.97 Å². The van der Waals surface area contributed by atoms with E-state index in [0.717, 1.165) is 11.6 Å². The molecule has 0 saturated heterocycles. The lowest BCUT2D eigenvalue weighted by Crippen LogP contribution is -2.44. The molecular formula is C20H15FN2O5. The fourth-order valence-electron chi connectivity index (χ4n) is 3.99. The number of benzene rings is 1. The van der Waals surface area contributed by atoms with Crippen LogP contribution >= 0.6 is 0 Å². The molecule has 3 aromatic rings. The number of hydrogen-bond acceptors (Lipinski definition) is 6. The van der Waals surface area contributed by atoms with Crippen LogP contribution in [0.25, 0.3) is 22.3 Å². The Morgan fingerprint density at radius 2 is 2.07 bits per heavy atom. The number of aromatic hydroxyl groups is 1. The first-order valence-corrected chi connectivity index (χ1v) is 8.83. The minimum Gasteiger partial charge on any atom is -0.505 e. The van der Waals surface area contributed by atoms with Crippen LogP contribution in [-0.4, -0.2) is 25.7 Å². The first-order chi connectivity index (χ1) is 13.3. The van der Waals surface area contributed by atoms with E-state index in [4.69, 9.17) is 4.74 Å². The standard InChI is InChI=1S/C20H15FN2O5/c1-2-20(27)12-5-15-17-10(3-9-4-16(24)13(21)6-14(9)22-17)7-23(15)18(25)11(12)8-28-19(20)26/h3-6,24,27H,2,7-8H2,1H3. The Labute approximate surface area is 157 Å². The van der Waals surface area contributed by atoms with Gasteiger partial charge in [-0.1, -0.05) is 6.92 Å². The molecule has 1 aromatic carbocycles. The second-order valence-electron chi connectivity index (χ2n) is 7.10. The van der Waals surface area contributed by atoms with Crippen molar-refractivity contribution in [3.8, 4) is 17.1 Å². The van der Waals surface area contributed by atoms with E-state index in [0.29, 0.717) is 22.3 Å². The van der Waals surface area contributed by atoms with Crippen molar-refractivity contribution in [3.63, 3.8) is 0 Å². The summed E-state index contributed by atoms with van der Waals surface area (Å²) in [7, 11) is 0. The molecule has 142 valence electrons. The summed E-state index contributed by atoms with van der Waals surface area (Å²) in [5.74, 6) is -2.04. The molecule has 0 fully saturated rings. The minimum absolute atomic E-state index is 0.0597. The second-order valence-corrected chi connectivity index (χ2v) is 7.10. The summed E-state index contributed by atoms with van der Waals surface area (Å²) in [6.07, 6.45) is 0.0597. The zero-order chi connectivity index (χ0) is 19.8. The highest BCUT2D eigenvalue weighted by atomic mass is 19.1. The first kappa shape index (κ1) is 16.9. The number of phenolic OH excluding ortho intramolecular Hbond substituents is 1. The van der Waals surface area contributed by atoms with E-state index in [2.05, 4.69) is 4.98 Å². The van der Waals surface area contributed by atoms with Crippen molar-refractivity contribution in [2.24, 2.45) is 0 Å². The highest BCUT2D eigenvalue weighted by molar-refractivity contribution is 5.87. The van der Waals surface area contributed by atoms with E-state index in [1.54, 1.807) is 19.1 Å². The van der Waals surface area contributed by atoms with Crippen molar-refractivity contribution in [3.05, 3.63) is 57.1 Å². The molecule has 2 N–H and O–H groups in total. The Bertz CT molecular complexity index is 1270. The molecule has 1 unspecified atom stereocenters. The quantitative estimate of drug-likeness (QED) is 0.488. The predicted molar refractivity (Wildman–Crippen MR) is 96.1 cm³/mol. The molecule has 2 aliphatic rings. The molecule has 8 heteroatoms. The number of rotatable bonds is 1. The number of hydrogen-bond donors (Lipinski definition) is 2. The van der Waals surface area contributed by atoms with Gasteiger partial charge in [0.15, 0.2) is 17.2 Å². The number of pyridine rings is 2. The maximum absolute atomic E-state index is 13.7. The molecule has 5 rings (SSSR count). The van der Waals surface area contributed by atoms with Crippen LogP contribution in [0.15, 0.2) is 29.1 Å². The first-order valence-electron chi connectivity index (χ1n) is 8.83. The smallest absolute Gasteiger partial charge is 0.343 e. The van der Waals surface area contributed by atoms with Gasteiger partial charge in [0.05, 0.1) is 29.0 Å². The van der Waals surface area contributed by atoms with E-state index >= 15 is 0 Å². The number of fused-ring (bicyclic) bond motifs is 5. The maximum Gasteiger partial charge on any atom is 0.343 e.